The third-order valence-electron chi connectivity index (χ3n) is 5.12. The summed E-state index contributed by atoms with van der Waals surface area (Å²) in [6, 6.07) is 0. The van der Waals surface area contributed by atoms with Crippen molar-refractivity contribution in [2.45, 2.75) is 97.8 Å². The average Bonchev–Trinajstić information content (AvgIpc) is 2.60. The van der Waals surface area contributed by atoms with Gasteiger partial charge in [0.15, 0.2) is 0 Å². The monoisotopic (exact) mass is 409 g/mol. The molecule has 0 aromatic heterocycles. The van der Waals surface area contributed by atoms with Crippen LogP contribution < -0.4 is 0 Å². The standard InChI is InChI=1S/C20H44N.CH4O4S/c1-6-9-11-12-13-14-15-16-18-21(4,5)19-20(8-3)17-10-7-2;1-5-6(2,3)4/h20H,6-19H2,1-5H3;1H3,(H,2,3,4)/q+1;/p-1. The Morgan fingerprint density at radius 2 is 1.30 bits per heavy atom. The van der Waals surface area contributed by atoms with Crippen molar-refractivity contribution in [3.63, 3.8) is 0 Å². The molecule has 6 heteroatoms. The van der Waals surface area contributed by atoms with Crippen molar-refractivity contribution < 1.29 is 21.6 Å². The second-order valence-corrected chi connectivity index (χ2v) is 9.46. The van der Waals surface area contributed by atoms with Crippen molar-refractivity contribution >= 4 is 10.4 Å². The van der Waals surface area contributed by atoms with E-state index in [0.717, 1.165) is 13.0 Å². The van der Waals surface area contributed by atoms with Gasteiger partial charge in [-0.1, -0.05) is 72.1 Å². The van der Waals surface area contributed by atoms with Gasteiger partial charge in [0, 0.05) is 5.92 Å². The fraction of sp³-hybridized carbons (Fsp3) is 1.00. The van der Waals surface area contributed by atoms with Gasteiger partial charge in [-0.05, 0) is 25.7 Å². The van der Waals surface area contributed by atoms with E-state index >= 15 is 0 Å². The summed E-state index contributed by atoms with van der Waals surface area (Å²) in [6.45, 7) is 9.73. The van der Waals surface area contributed by atoms with Gasteiger partial charge >= 0.3 is 0 Å². The van der Waals surface area contributed by atoms with Crippen LogP contribution in [0.3, 0.4) is 0 Å². The van der Waals surface area contributed by atoms with Gasteiger partial charge < -0.3 is 9.04 Å². The molecule has 0 heterocycles. The molecular weight excluding hydrogens is 362 g/mol. The minimum atomic E-state index is -4.41. The fourth-order valence-corrected chi connectivity index (χ4v) is 3.38. The first-order chi connectivity index (χ1) is 12.6. The molecule has 0 N–H and O–H groups in total. The molecule has 1 atom stereocenters. The van der Waals surface area contributed by atoms with Crippen LogP contribution in [0.5, 0.6) is 0 Å². The van der Waals surface area contributed by atoms with Gasteiger partial charge in [0.25, 0.3) is 0 Å². The lowest BCUT2D eigenvalue weighted by atomic mass is 9.98. The van der Waals surface area contributed by atoms with Crippen LogP contribution in [-0.4, -0.2) is 51.7 Å². The van der Waals surface area contributed by atoms with E-state index < -0.39 is 10.4 Å². The van der Waals surface area contributed by atoms with Crippen molar-refractivity contribution in [2.75, 3.05) is 34.3 Å². The molecule has 0 rings (SSSR count). The van der Waals surface area contributed by atoms with Gasteiger partial charge in [-0.15, -0.1) is 0 Å². The van der Waals surface area contributed by atoms with Crippen LogP contribution in [0.1, 0.15) is 97.8 Å². The maximum absolute atomic E-state index is 9.22. The Hall–Kier alpha value is -0.170. The Bertz CT molecular complexity index is 410. The zero-order chi connectivity index (χ0) is 21.2. The van der Waals surface area contributed by atoms with Crippen molar-refractivity contribution in [2.24, 2.45) is 5.92 Å². The normalized spacial score (nSPS) is 13.1. The molecule has 0 aromatic rings. The number of rotatable bonds is 16. The average molecular weight is 410 g/mol. The zero-order valence-corrected chi connectivity index (χ0v) is 19.8. The molecule has 0 aliphatic carbocycles. The summed E-state index contributed by atoms with van der Waals surface area (Å²) in [6.07, 6.45) is 17.0. The highest BCUT2D eigenvalue weighted by Crippen LogP contribution is 2.18. The summed E-state index contributed by atoms with van der Waals surface area (Å²) in [5, 5.41) is 0. The second kappa shape index (κ2) is 17.9. The van der Waals surface area contributed by atoms with Gasteiger partial charge in [-0.3, -0.25) is 4.18 Å². The highest BCUT2D eigenvalue weighted by Gasteiger charge is 2.20. The molecule has 0 spiro atoms. The molecule has 0 amide bonds. The quantitative estimate of drug-likeness (QED) is 0.146. The topological polar surface area (TPSA) is 66.4 Å². The second-order valence-electron chi connectivity index (χ2n) is 8.31. The molecule has 166 valence electrons. The maximum atomic E-state index is 9.22. The summed E-state index contributed by atoms with van der Waals surface area (Å²) in [5.74, 6) is 0.939. The number of nitrogens with zero attached hydrogens (tertiary/aromatic N) is 1. The molecule has 0 fully saturated rings. The lowest BCUT2D eigenvalue weighted by molar-refractivity contribution is -0.894. The van der Waals surface area contributed by atoms with Crippen molar-refractivity contribution in [1.29, 1.82) is 0 Å². The lowest BCUT2D eigenvalue weighted by Gasteiger charge is -2.33. The smallest absolute Gasteiger partial charge is 0.217 e. The Morgan fingerprint density at radius 1 is 0.852 bits per heavy atom. The SMILES string of the molecule is CCCCCCCCCC[N+](C)(C)CC(CC)CCCC.COS(=O)(=O)[O-]. The van der Waals surface area contributed by atoms with E-state index in [-0.39, 0.29) is 0 Å². The molecular formula is C21H47NO4S. The molecule has 0 saturated heterocycles. The summed E-state index contributed by atoms with van der Waals surface area (Å²) in [4.78, 5) is 0. The molecule has 0 aliphatic heterocycles. The van der Waals surface area contributed by atoms with Gasteiger partial charge in [-0.2, -0.15) is 0 Å². The number of hydrogen-bond donors (Lipinski definition) is 0. The maximum Gasteiger partial charge on any atom is 0.217 e. The Kier molecular flexibility index (Phi) is 19.2. The Balaban J connectivity index is 0. The van der Waals surface area contributed by atoms with Crippen LogP contribution >= 0.6 is 0 Å². The molecule has 0 saturated carbocycles. The first-order valence-electron chi connectivity index (χ1n) is 10.9. The van der Waals surface area contributed by atoms with Crippen LogP contribution in [0, 0.1) is 5.92 Å². The third-order valence-corrected chi connectivity index (χ3v) is 5.53. The summed E-state index contributed by atoms with van der Waals surface area (Å²) >= 11 is 0. The first-order valence-corrected chi connectivity index (χ1v) is 12.3. The fourth-order valence-electron chi connectivity index (χ4n) is 3.38. The summed E-state index contributed by atoms with van der Waals surface area (Å²) in [5.41, 5.74) is 0. The molecule has 0 aromatic carbocycles. The summed E-state index contributed by atoms with van der Waals surface area (Å²) < 4.78 is 32.3. The molecule has 27 heavy (non-hydrogen) atoms. The molecule has 0 radical (unpaired) electrons. The minimum Gasteiger partial charge on any atom is -0.726 e. The van der Waals surface area contributed by atoms with E-state index in [2.05, 4.69) is 39.0 Å². The summed E-state index contributed by atoms with van der Waals surface area (Å²) in [7, 11) is 1.28. The van der Waals surface area contributed by atoms with E-state index in [0.29, 0.717) is 0 Å². The molecule has 0 aliphatic rings. The van der Waals surface area contributed by atoms with Crippen molar-refractivity contribution in [3.8, 4) is 0 Å². The van der Waals surface area contributed by atoms with E-state index in [1.54, 1.807) is 0 Å². The van der Waals surface area contributed by atoms with E-state index in [1.165, 1.54) is 94.6 Å². The Labute approximate surface area is 170 Å². The zero-order valence-electron chi connectivity index (χ0n) is 19.0. The minimum absolute atomic E-state index is 0.808. The molecule has 0 bridgehead atoms. The molecule has 1 unspecified atom stereocenters. The van der Waals surface area contributed by atoms with E-state index in [4.69, 9.17) is 0 Å². The van der Waals surface area contributed by atoms with Gasteiger partial charge in [0.2, 0.25) is 10.4 Å². The van der Waals surface area contributed by atoms with Crippen LogP contribution in [0.15, 0.2) is 0 Å². The van der Waals surface area contributed by atoms with E-state index in [1.807, 2.05) is 0 Å². The van der Waals surface area contributed by atoms with E-state index in [9.17, 15) is 13.0 Å². The van der Waals surface area contributed by atoms with Crippen LogP contribution in [0.25, 0.3) is 0 Å². The van der Waals surface area contributed by atoms with Gasteiger partial charge in [-0.25, -0.2) is 8.42 Å². The molecule has 5 nitrogen and oxygen atoms in total. The van der Waals surface area contributed by atoms with Crippen molar-refractivity contribution in [3.05, 3.63) is 0 Å². The highest BCUT2D eigenvalue weighted by atomic mass is 32.3. The Morgan fingerprint density at radius 3 is 1.70 bits per heavy atom. The predicted molar refractivity (Wildman–Crippen MR) is 114 cm³/mol. The first kappa shape index (κ1) is 29.0. The van der Waals surface area contributed by atoms with Gasteiger partial charge in [0.05, 0.1) is 34.3 Å². The largest absolute Gasteiger partial charge is 0.726 e. The predicted octanol–water partition coefficient (Wildman–Crippen LogP) is 5.51. The highest BCUT2D eigenvalue weighted by molar-refractivity contribution is 7.80. The van der Waals surface area contributed by atoms with Gasteiger partial charge in [0.1, 0.15) is 0 Å². The third kappa shape index (κ3) is 23.8. The van der Waals surface area contributed by atoms with Crippen LogP contribution in [-0.2, 0) is 14.6 Å². The van der Waals surface area contributed by atoms with Crippen molar-refractivity contribution in [1.82, 2.24) is 0 Å². The number of unbranched alkanes of at least 4 members (excludes halogenated alkanes) is 8. The lowest BCUT2D eigenvalue weighted by Crippen LogP contribution is -2.44. The number of quaternary nitrogens is 1. The van der Waals surface area contributed by atoms with Crippen LogP contribution in [0.2, 0.25) is 0 Å². The van der Waals surface area contributed by atoms with Crippen LogP contribution in [0.4, 0.5) is 0 Å². The number of hydrogen-bond acceptors (Lipinski definition) is 4.